The Morgan fingerprint density at radius 3 is 3.06 bits per heavy atom. The summed E-state index contributed by atoms with van der Waals surface area (Å²) >= 11 is 0. The molecule has 2 aromatic rings. The molecule has 3 nitrogen and oxygen atoms in total. The third kappa shape index (κ3) is 1.80. The van der Waals surface area contributed by atoms with E-state index in [-0.39, 0.29) is 0 Å². The molecule has 1 aliphatic rings. The maximum atomic E-state index is 4.58. The standard InChI is InChI=1S/C15H19N3/c1-3-18-9-8-16-15(18)13-10-11(2)17-14-7-5-4-6-12(13)14/h4-9,11,13,17H,3,10H2,1-2H3. The Balaban J connectivity index is 2.07. The van der Waals surface area contributed by atoms with Gasteiger partial charge in [-0.05, 0) is 31.9 Å². The second kappa shape index (κ2) is 4.48. The summed E-state index contributed by atoms with van der Waals surface area (Å²) < 4.78 is 2.25. The van der Waals surface area contributed by atoms with E-state index < -0.39 is 0 Å². The predicted octanol–water partition coefficient (Wildman–Crippen LogP) is 3.24. The molecule has 94 valence electrons. The normalized spacial score (nSPS) is 22.3. The van der Waals surface area contributed by atoms with Gasteiger partial charge in [-0.1, -0.05) is 18.2 Å². The summed E-state index contributed by atoms with van der Waals surface area (Å²) in [6.07, 6.45) is 5.09. The van der Waals surface area contributed by atoms with Crippen molar-refractivity contribution in [2.75, 3.05) is 5.32 Å². The zero-order valence-electron chi connectivity index (χ0n) is 10.9. The molecule has 1 aromatic heterocycles. The van der Waals surface area contributed by atoms with Crippen molar-refractivity contribution in [3.05, 3.63) is 48.0 Å². The van der Waals surface area contributed by atoms with E-state index in [2.05, 4.69) is 59.2 Å². The molecule has 1 aromatic carbocycles. The lowest BCUT2D eigenvalue weighted by molar-refractivity contribution is 0.559. The van der Waals surface area contributed by atoms with Gasteiger partial charge >= 0.3 is 0 Å². The van der Waals surface area contributed by atoms with Crippen LogP contribution in [0.3, 0.4) is 0 Å². The van der Waals surface area contributed by atoms with Gasteiger partial charge in [0, 0.05) is 36.6 Å². The number of anilines is 1. The highest BCUT2D eigenvalue weighted by Gasteiger charge is 2.27. The minimum atomic E-state index is 0.410. The SMILES string of the molecule is CCn1ccnc1C1CC(C)Nc2ccccc21. The van der Waals surface area contributed by atoms with Crippen LogP contribution in [0.25, 0.3) is 0 Å². The molecule has 2 heterocycles. The molecule has 0 amide bonds. The second-order valence-electron chi connectivity index (χ2n) is 4.99. The first-order valence-corrected chi connectivity index (χ1v) is 6.66. The van der Waals surface area contributed by atoms with Crippen LogP contribution in [0.4, 0.5) is 5.69 Å². The molecule has 0 radical (unpaired) electrons. The number of hydrogen-bond acceptors (Lipinski definition) is 2. The van der Waals surface area contributed by atoms with E-state index in [9.17, 15) is 0 Å². The topological polar surface area (TPSA) is 29.9 Å². The predicted molar refractivity (Wildman–Crippen MR) is 73.9 cm³/mol. The third-order valence-electron chi connectivity index (χ3n) is 3.73. The summed E-state index contributed by atoms with van der Waals surface area (Å²) in [5.74, 6) is 1.60. The van der Waals surface area contributed by atoms with Crippen LogP contribution in [-0.2, 0) is 6.54 Å². The summed E-state index contributed by atoms with van der Waals surface area (Å²) in [5.41, 5.74) is 2.63. The zero-order valence-corrected chi connectivity index (χ0v) is 10.9. The fourth-order valence-electron chi connectivity index (χ4n) is 2.88. The molecule has 0 aliphatic carbocycles. The minimum absolute atomic E-state index is 0.410. The molecular weight excluding hydrogens is 222 g/mol. The molecule has 0 saturated carbocycles. The van der Waals surface area contributed by atoms with Crippen LogP contribution in [0.15, 0.2) is 36.7 Å². The van der Waals surface area contributed by atoms with Gasteiger partial charge in [0.15, 0.2) is 0 Å². The van der Waals surface area contributed by atoms with Crippen molar-refractivity contribution in [2.24, 2.45) is 0 Å². The minimum Gasteiger partial charge on any atom is -0.382 e. The lowest BCUT2D eigenvalue weighted by Gasteiger charge is -2.31. The Bertz CT molecular complexity index is 544. The van der Waals surface area contributed by atoms with Gasteiger partial charge in [-0.15, -0.1) is 0 Å². The highest BCUT2D eigenvalue weighted by Crippen LogP contribution is 2.37. The fraction of sp³-hybridized carbons (Fsp3) is 0.400. The van der Waals surface area contributed by atoms with E-state index in [1.165, 1.54) is 17.1 Å². The number of nitrogens with one attached hydrogen (secondary N) is 1. The van der Waals surface area contributed by atoms with Crippen molar-refractivity contribution in [2.45, 2.75) is 38.8 Å². The number of rotatable bonds is 2. The van der Waals surface area contributed by atoms with Gasteiger partial charge in [0.1, 0.15) is 5.82 Å². The highest BCUT2D eigenvalue weighted by molar-refractivity contribution is 5.57. The zero-order chi connectivity index (χ0) is 12.5. The number of aromatic nitrogens is 2. The Hall–Kier alpha value is -1.77. The Labute approximate surface area is 108 Å². The molecule has 0 bridgehead atoms. The molecule has 1 N–H and O–H groups in total. The van der Waals surface area contributed by atoms with Crippen molar-refractivity contribution in [3.63, 3.8) is 0 Å². The lowest BCUT2D eigenvalue weighted by atomic mass is 9.87. The maximum absolute atomic E-state index is 4.58. The number of hydrogen-bond donors (Lipinski definition) is 1. The van der Waals surface area contributed by atoms with E-state index in [0.717, 1.165) is 13.0 Å². The van der Waals surface area contributed by atoms with Crippen molar-refractivity contribution < 1.29 is 0 Å². The summed E-state index contributed by atoms with van der Waals surface area (Å²) in [7, 11) is 0. The van der Waals surface area contributed by atoms with Crippen LogP contribution < -0.4 is 5.32 Å². The van der Waals surface area contributed by atoms with Gasteiger partial charge in [0.25, 0.3) is 0 Å². The molecular formula is C15H19N3. The van der Waals surface area contributed by atoms with Crippen LogP contribution in [0, 0.1) is 0 Å². The summed E-state index contributed by atoms with van der Waals surface area (Å²) in [6, 6.07) is 9.08. The molecule has 2 atom stereocenters. The molecule has 3 heteroatoms. The van der Waals surface area contributed by atoms with Crippen molar-refractivity contribution >= 4 is 5.69 Å². The van der Waals surface area contributed by atoms with Crippen LogP contribution in [0.2, 0.25) is 0 Å². The number of imidazole rings is 1. The first-order chi connectivity index (χ1) is 8.79. The molecule has 1 aliphatic heterocycles. The largest absolute Gasteiger partial charge is 0.382 e. The molecule has 2 unspecified atom stereocenters. The quantitative estimate of drug-likeness (QED) is 0.874. The molecule has 3 rings (SSSR count). The van der Waals surface area contributed by atoms with Crippen LogP contribution in [0.1, 0.15) is 37.6 Å². The fourth-order valence-corrected chi connectivity index (χ4v) is 2.88. The number of nitrogens with zero attached hydrogens (tertiary/aromatic N) is 2. The summed E-state index contributed by atoms with van der Waals surface area (Å²) in [4.78, 5) is 4.58. The van der Waals surface area contributed by atoms with E-state index in [1.807, 2.05) is 6.20 Å². The molecule has 18 heavy (non-hydrogen) atoms. The van der Waals surface area contributed by atoms with Gasteiger partial charge in [-0.25, -0.2) is 4.98 Å². The van der Waals surface area contributed by atoms with E-state index in [4.69, 9.17) is 0 Å². The van der Waals surface area contributed by atoms with Gasteiger partial charge in [-0.2, -0.15) is 0 Å². The Morgan fingerprint density at radius 2 is 2.22 bits per heavy atom. The van der Waals surface area contributed by atoms with Crippen LogP contribution in [-0.4, -0.2) is 15.6 Å². The summed E-state index contributed by atoms with van der Waals surface area (Å²) in [5, 5.41) is 3.55. The summed E-state index contributed by atoms with van der Waals surface area (Å²) in [6.45, 7) is 5.39. The molecule has 0 saturated heterocycles. The van der Waals surface area contributed by atoms with E-state index in [1.54, 1.807) is 0 Å². The first kappa shape index (κ1) is 11.3. The Morgan fingerprint density at radius 1 is 1.39 bits per heavy atom. The van der Waals surface area contributed by atoms with Gasteiger partial charge in [0.05, 0.1) is 0 Å². The second-order valence-corrected chi connectivity index (χ2v) is 4.99. The van der Waals surface area contributed by atoms with Crippen molar-refractivity contribution in [1.29, 1.82) is 0 Å². The van der Waals surface area contributed by atoms with Crippen molar-refractivity contribution in [3.8, 4) is 0 Å². The number of benzene rings is 1. The average Bonchev–Trinajstić information content (AvgIpc) is 2.85. The highest BCUT2D eigenvalue weighted by atomic mass is 15.1. The van der Waals surface area contributed by atoms with Gasteiger partial charge in [-0.3, -0.25) is 0 Å². The number of fused-ring (bicyclic) bond motifs is 1. The van der Waals surface area contributed by atoms with Crippen LogP contribution >= 0.6 is 0 Å². The molecule has 0 fully saturated rings. The Kier molecular flexibility index (Phi) is 2.82. The van der Waals surface area contributed by atoms with Crippen LogP contribution in [0.5, 0.6) is 0 Å². The first-order valence-electron chi connectivity index (χ1n) is 6.66. The lowest BCUT2D eigenvalue weighted by Crippen LogP contribution is -2.27. The third-order valence-corrected chi connectivity index (χ3v) is 3.73. The monoisotopic (exact) mass is 241 g/mol. The molecule has 0 spiro atoms. The average molecular weight is 241 g/mol. The van der Waals surface area contributed by atoms with Gasteiger partial charge < -0.3 is 9.88 Å². The van der Waals surface area contributed by atoms with E-state index >= 15 is 0 Å². The van der Waals surface area contributed by atoms with Gasteiger partial charge in [0.2, 0.25) is 0 Å². The number of aryl methyl sites for hydroxylation is 1. The van der Waals surface area contributed by atoms with E-state index in [0.29, 0.717) is 12.0 Å². The maximum Gasteiger partial charge on any atom is 0.116 e. The number of para-hydroxylation sites is 1. The smallest absolute Gasteiger partial charge is 0.116 e. The van der Waals surface area contributed by atoms with Crippen molar-refractivity contribution in [1.82, 2.24) is 9.55 Å².